The Hall–Kier alpha value is -3.29. The first-order valence-corrected chi connectivity index (χ1v) is 12.4. The van der Waals surface area contributed by atoms with Crippen LogP contribution in [0.5, 0.6) is 11.5 Å². The molecule has 0 radical (unpaired) electrons. The van der Waals surface area contributed by atoms with E-state index < -0.39 is 0 Å². The van der Waals surface area contributed by atoms with Crippen LogP contribution in [0.25, 0.3) is 10.9 Å². The number of hydrogen-bond acceptors (Lipinski definition) is 4. The van der Waals surface area contributed by atoms with Crippen molar-refractivity contribution in [3.63, 3.8) is 0 Å². The fraction of sp³-hybridized carbons (Fsp3) is 0.214. The van der Waals surface area contributed by atoms with E-state index in [1.54, 1.807) is 55.0 Å². The number of ether oxygens (including phenoxy) is 2. The topological polar surface area (TPSA) is 60.8 Å². The quantitative estimate of drug-likeness (QED) is 0.263. The van der Waals surface area contributed by atoms with Gasteiger partial charge in [0.15, 0.2) is 0 Å². The SMILES string of the molecule is COc1ccc2c(c1)c(CC(=O)N(C)Cc1cc(Br)ccc1OC)c(C)n2C(=O)c1ccc(Cl)cc1. The summed E-state index contributed by atoms with van der Waals surface area (Å²) in [6, 6.07) is 18.0. The number of likely N-dealkylation sites (N-methyl/N-ethyl adjacent to an activating group) is 1. The number of methoxy groups -OCH3 is 2. The van der Waals surface area contributed by atoms with E-state index >= 15 is 0 Å². The molecule has 0 bridgehead atoms. The lowest BCUT2D eigenvalue weighted by Crippen LogP contribution is -2.28. The predicted molar refractivity (Wildman–Crippen MR) is 145 cm³/mol. The van der Waals surface area contributed by atoms with Crippen molar-refractivity contribution >= 4 is 50.2 Å². The number of carbonyl (C=O) groups is 2. The van der Waals surface area contributed by atoms with Crippen LogP contribution in [0.4, 0.5) is 0 Å². The Morgan fingerprint density at radius 1 is 1.00 bits per heavy atom. The number of benzene rings is 3. The van der Waals surface area contributed by atoms with Crippen LogP contribution in [-0.2, 0) is 17.8 Å². The molecule has 0 N–H and O–H groups in total. The second-order valence-corrected chi connectivity index (χ2v) is 9.83. The van der Waals surface area contributed by atoms with Crippen molar-refractivity contribution in [1.82, 2.24) is 9.47 Å². The standard InChI is InChI=1S/C28H26BrClN2O4/c1-17-23(15-27(33)31(2)16-19-13-20(29)7-12-26(19)36-4)24-14-22(35-3)10-11-25(24)32(17)28(34)18-5-8-21(30)9-6-18/h5-14H,15-16H2,1-4H3. The van der Waals surface area contributed by atoms with E-state index in [0.29, 0.717) is 39.8 Å². The lowest BCUT2D eigenvalue weighted by Gasteiger charge is -2.19. The fourth-order valence-corrected chi connectivity index (χ4v) is 4.83. The van der Waals surface area contributed by atoms with E-state index in [4.69, 9.17) is 21.1 Å². The lowest BCUT2D eigenvalue weighted by molar-refractivity contribution is -0.129. The number of halogens is 2. The Balaban J connectivity index is 1.71. The van der Waals surface area contributed by atoms with Gasteiger partial charge >= 0.3 is 0 Å². The first-order valence-electron chi connectivity index (χ1n) is 11.3. The molecule has 4 aromatic rings. The number of amides is 1. The number of fused-ring (bicyclic) bond motifs is 1. The van der Waals surface area contributed by atoms with Gasteiger partial charge in [0, 0.05) is 45.3 Å². The van der Waals surface area contributed by atoms with E-state index in [2.05, 4.69) is 15.9 Å². The minimum atomic E-state index is -0.190. The highest BCUT2D eigenvalue weighted by Gasteiger charge is 2.23. The van der Waals surface area contributed by atoms with Gasteiger partial charge in [-0.1, -0.05) is 27.5 Å². The van der Waals surface area contributed by atoms with Crippen molar-refractivity contribution < 1.29 is 19.1 Å². The molecule has 0 unspecified atom stereocenters. The van der Waals surface area contributed by atoms with Crippen molar-refractivity contribution in [2.45, 2.75) is 19.9 Å². The molecule has 186 valence electrons. The minimum absolute atomic E-state index is 0.0825. The maximum absolute atomic E-state index is 13.5. The summed E-state index contributed by atoms with van der Waals surface area (Å²) in [7, 11) is 4.96. The fourth-order valence-electron chi connectivity index (χ4n) is 4.30. The van der Waals surface area contributed by atoms with Crippen LogP contribution in [0.1, 0.15) is 27.2 Å². The average molecular weight is 570 g/mol. The number of rotatable bonds is 7. The van der Waals surface area contributed by atoms with Crippen LogP contribution in [0.15, 0.2) is 65.1 Å². The maximum atomic E-state index is 13.5. The summed E-state index contributed by atoms with van der Waals surface area (Å²) in [5, 5.41) is 1.36. The van der Waals surface area contributed by atoms with Crippen molar-refractivity contribution in [1.29, 1.82) is 0 Å². The van der Waals surface area contributed by atoms with E-state index in [-0.39, 0.29) is 18.2 Å². The number of hydrogen-bond donors (Lipinski definition) is 0. The smallest absolute Gasteiger partial charge is 0.262 e. The zero-order chi connectivity index (χ0) is 26.0. The highest BCUT2D eigenvalue weighted by atomic mass is 79.9. The van der Waals surface area contributed by atoms with Crippen LogP contribution in [0.2, 0.25) is 5.02 Å². The first kappa shape index (κ1) is 25.8. The largest absolute Gasteiger partial charge is 0.497 e. The normalized spacial score (nSPS) is 10.9. The third-order valence-electron chi connectivity index (χ3n) is 6.24. The van der Waals surface area contributed by atoms with Crippen molar-refractivity contribution in [2.24, 2.45) is 0 Å². The Morgan fingerprint density at radius 2 is 1.72 bits per heavy atom. The minimum Gasteiger partial charge on any atom is -0.497 e. The average Bonchev–Trinajstić information content (AvgIpc) is 3.14. The zero-order valence-corrected chi connectivity index (χ0v) is 22.8. The van der Waals surface area contributed by atoms with Crippen LogP contribution < -0.4 is 9.47 Å². The summed E-state index contributed by atoms with van der Waals surface area (Å²) in [6.45, 7) is 2.24. The summed E-state index contributed by atoms with van der Waals surface area (Å²) in [5.41, 5.74) is 3.60. The van der Waals surface area contributed by atoms with E-state index in [1.807, 2.05) is 43.3 Å². The third kappa shape index (κ3) is 5.13. The van der Waals surface area contributed by atoms with Gasteiger partial charge in [0.25, 0.3) is 5.91 Å². The molecule has 8 heteroatoms. The molecule has 36 heavy (non-hydrogen) atoms. The number of carbonyl (C=O) groups excluding carboxylic acids is 2. The molecular formula is C28H26BrClN2O4. The van der Waals surface area contributed by atoms with Gasteiger partial charge in [-0.3, -0.25) is 14.2 Å². The van der Waals surface area contributed by atoms with Gasteiger partial charge in [-0.2, -0.15) is 0 Å². The molecule has 4 rings (SSSR count). The molecule has 1 heterocycles. The Bertz CT molecular complexity index is 1450. The molecule has 1 amide bonds. The molecule has 0 saturated carbocycles. The van der Waals surface area contributed by atoms with Crippen LogP contribution in [0, 0.1) is 6.92 Å². The van der Waals surface area contributed by atoms with Gasteiger partial charge in [0.2, 0.25) is 5.91 Å². The molecule has 0 aliphatic rings. The Labute approximate surface area is 223 Å². The Kier molecular flexibility index (Phi) is 7.71. The molecule has 6 nitrogen and oxygen atoms in total. The molecule has 3 aromatic carbocycles. The van der Waals surface area contributed by atoms with Gasteiger partial charge in [-0.05, 0) is 73.2 Å². The van der Waals surface area contributed by atoms with Gasteiger partial charge in [-0.15, -0.1) is 0 Å². The highest BCUT2D eigenvalue weighted by molar-refractivity contribution is 9.10. The van der Waals surface area contributed by atoms with E-state index in [1.165, 1.54) is 0 Å². The predicted octanol–water partition coefficient (Wildman–Crippen LogP) is 6.27. The molecule has 0 atom stereocenters. The summed E-state index contributed by atoms with van der Waals surface area (Å²) < 4.78 is 13.4. The third-order valence-corrected chi connectivity index (χ3v) is 6.99. The lowest BCUT2D eigenvalue weighted by atomic mass is 10.1. The second kappa shape index (κ2) is 10.8. The molecule has 0 aliphatic carbocycles. The van der Waals surface area contributed by atoms with Crippen LogP contribution >= 0.6 is 27.5 Å². The Morgan fingerprint density at radius 3 is 2.39 bits per heavy atom. The molecule has 0 fully saturated rings. The molecule has 0 aliphatic heterocycles. The second-order valence-electron chi connectivity index (χ2n) is 8.48. The van der Waals surface area contributed by atoms with E-state index in [0.717, 1.165) is 21.0 Å². The first-order chi connectivity index (χ1) is 17.2. The van der Waals surface area contributed by atoms with Crippen LogP contribution in [0.3, 0.4) is 0 Å². The zero-order valence-electron chi connectivity index (χ0n) is 20.5. The van der Waals surface area contributed by atoms with Gasteiger partial charge in [0.1, 0.15) is 11.5 Å². The van der Waals surface area contributed by atoms with Crippen molar-refractivity contribution in [2.75, 3.05) is 21.3 Å². The highest BCUT2D eigenvalue weighted by Crippen LogP contribution is 2.31. The summed E-state index contributed by atoms with van der Waals surface area (Å²) in [4.78, 5) is 28.5. The molecule has 0 saturated heterocycles. The van der Waals surface area contributed by atoms with Crippen molar-refractivity contribution in [3.8, 4) is 11.5 Å². The van der Waals surface area contributed by atoms with Gasteiger partial charge < -0.3 is 14.4 Å². The maximum Gasteiger partial charge on any atom is 0.262 e. The summed E-state index contributed by atoms with van der Waals surface area (Å²) in [5.74, 6) is 1.09. The summed E-state index contributed by atoms with van der Waals surface area (Å²) >= 11 is 9.50. The van der Waals surface area contributed by atoms with Gasteiger partial charge in [0.05, 0.1) is 26.2 Å². The molecular weight excluding hydrogens is 544 g/mol. The summed E-state index contributed by atoms with van der Waals surface area (Å²) in [6.07, 6.45) is 0.128. The number of aromatic nitrogens is 1. The molecule has 1 aromatic heterocycles. The molecule has 0 spiro atoms. The van der Waals surface area contributed by atoms with E-state index in [9.17, 15) is 9.59 Å². The van der Waals surface area contributed by atoms with Gasteiger partial charge in [-0.25, -0.2) is 0 Å². The van der Waals surface area contributed by atoms with Crippen LogP contribution in [-0.4, -0.2) is 42.5 Å². The monoisotopic (exact) mass is 568 g/mol. The number of nitrogens with zero attached hydrogens (tertiary/aromatic N) is 2. The van der Waals surface area contributed by atoms with Crippen molar-refractivity contribution in [3.05, 3.63) is 92.5 Å².